The molecule has 3 nitrogen and oxygen atoms in total. The van der Waals surface area contributed by atoms with Gasteiger partial charge in [-0.05, 0) is 49.9 Å². The smallest absolute Gasteiger partial charge is 0.243 e. The molecule has 1 aromatic rings. The van der Waals surface area contributed by atoms with Crippen molar-refractivity contribution in [2.24, 2.45) is 0 Å². The highest BCUT2D eigenvalue weighted by molar-refractivity contribution is 5.97. The molecule has 0 saturated carbocycles. The summed E-state index contributed by atoms with van der Waals surface area (Å²) in [7, 11) is 1.91. The van der Waals surface area contributed by atoms with Crippen molar-refractivity contribution in [2.75, 3.05) is 25.0 Å². The van der Waals surface area contributed by atoms with Crippen LogP contribution in [0.15, 0.2) is 24.3 Å². The predicted octanol–water partition coefficient (Wildman–Crippen LogP) is 3.82. The Morgan fingerprint density at radius 1 is 1.14 bits per heavy atom. The molecule has 122 valence electrons. The summed E-state index contributed by atoms with van der Waals surface area (Å²) in [4.78, 5) is 17.1. The zero-order valence-electron chi connectivity index (χ0n) is 14.7. The minimum Gasteiger partial charge on any atom is -0.314 e. The molecule has 3 heteroatoms. The zero-order chi connectivity index (χ0) is 16.3. The maximum absolute atomic E-state index is 12.9. The highest BCUT2D eigenvalue weighted by atomic mass is 16.2. The van der Waals surface area contributed by atoms with E-state index in [0.29, 0.717) is 0 Å². The molecule has 1 heterocycles. The van der Waals surface area contributed by atoms with Crippen molar-refractivity contribution in [3.05, 3.63) is 29.8 Å². The Morgan fingerprint density at radius 2 is 1.73 bits per heavy atom. The van der Waals surface area contributed by atoms with Crippen LogP contribution in [0, 0.1) is 0 Å². The van der Waals surface area contributed by atoms with Crippen LogP contribution in [0.3, 0.4) is 0 Å². The fourth-order valence-electron chi connectivity index (χ4n) is 3.26. The predicted molar refractivity (Wildman–Crippen MR) is 93.4 cm³/mol. The molecule has 0 aromatic heterocycles. The standard InChI is InChI=1S/C19H30N2O/c1-15(21-13-9-6-10-14-21)18(22)20(5)17-12-8-7-11-16(17)19(2,3)4/h7-8,11-12,15H,6,9-10,13-14H2,1-5H3. The van der Waals surface area contributed by atoms with Crippen molar-refractivity contribution < 1.29 is 4.79 Å². The number of rotatable bonds is 3. The van der Waals surface area contributed by atoms with Gasteiger partial charge in [0.1, 0.15) is 0 Å². The minimum absolute atomic E-state index is 0.0273. The summed E-state index contributed by atoms with van der Waals surface area (Å²) in [6, 6.07) is 8.21. The highest BCUT2D eigenvalue weighted by Crippen LogP contribution is 2.31. The molecule has 1 unspecified atom stereocenters. The van der Waals surface area contributed by atoms with Gasteiger partial charge in [0.2, 0.25) is 5.91 Å². The highest BCUT2D eigenvalue weighted by Gasteiger charge is 2.28. The third-order valence-corrected chi connectivity index (χ3v) is 4.70. The number of amides is 1. The molecule has 22 heavy (non-hydrogen) atoms. The van der Waals surface area contributed by atoms with Gasteiger partial charge in [-0.2, -0.15) is 0 Å². The Kier molecular flexibility index (Phi) is 5.28. The number of benzene rings is 1. The lowest BCUT2D eigenvalue weighted by Crippen LogP contribution is -2.48. The van der Waals surface area contributed by atoms with E-state index in [2.05, 4.69) is 43.9 Å². The third-order valence-electron chi connectivity index (χ3n) is 4.70. The summed E-state index contributed by atoms with van der Waals surface area (Å²) >= 11 is 0. The number of likely N-dealkylation sites (tertiary alicyclic amines) is 1. The number of piperidine rings is 1. The molecule has 1 amide bonds. The van der Waals surface area contributed by atoms with Crippen LogP contribution in [-0.4, -0.2) is 37.0 Å². The first kappa shape index (κ1) is 17.0. The maximum Gasteiger partial charge on any atom is 0.243 e. The number of hydrogen-bond donors (Lipinski definition) is 0. The number of anilines is 1. The molecule has 1 aliphatic rings. The second-order valence-corrected chi connectivity index (χ2v) is 7.44. The third kappa shape index (κ3) is 3.70. The Hall–Kier alpha value is -1.35. The maximum atomic E-state index is 12.9. The first-order valence-corrected chi connectivity index (χ1v) is 8.43. The van der Waals surface area contributed by atoms with Crippen molar-refractivity contribution in [1.82, 2.24) is 4.90 Å². The number of hydrogen-bond acceptors (Lipinski definition) is 2. The summed E-state index contributed by atoms with van der Waals surface area (Å²) < 4.78 is 0. The SMILES string of the molecule is CC(C(=O)N(C)c1ccccc1C(C)(C)C)N1CCCCC1. The Bertz CT molecular complexity index is 512. The molecule has 0 bridgehead atoms. The van der Waals surface area contributed by atoms with Crippen LogP contribution < -0.4 is 4.90 Å². The van der Waals surface area contributed by atoms with Crippen LogP contribution in [0.4, 0.5) is 5.69 Å². The minimum atomic E-state index is -0.0432. The summed E-state index contributed by atoms with van der Waals surface area (Å²) in [5, 5.41) is 0. The lowest BCUT2D eigenvalue weighted by atomic mass is 9.85. The number of carbonyl (C=O) groups excluding carboxylic acids is 1. The molecule has 1 saturated heterocycles. The van der Waals surface area contributed by atoms with Crippen molar-refractivity contribution in [2.45, 2.75) is 58.4 Å². The molecule has 0 aliphatic carbocycles. The molecule has 1 fully saturated rings. The second kappa shape index (κ2) is 6.82. The van der Waals surface area contributed by atoms with Gasteiger partial charge in [-0.25, -0.2) is 0 Å². The van der Waals surface area contributed by atoms with Gasteiger partial charge in [0.25, 0.3) is 0 Å². The summed E-state index contributed by atoms with van der Waals surface area (Å²) in [6.07, 6.45) is 3.71. The first-order valence-electron chi connectivity index (χ1n) is 8.43. The largest absolute Gasteiger partial charge is 0.314 e. The van der Waals surface area contributed by atoms with Crippen LogP contribution in [0.25, 0.3) is 0 Å². The fraction of sp³-hybridized carbons (Fsp3) is 0.632. The van der Waals surface area contributed by atoms with Crippen molar-refractivity contribution >= 4 is 11.6 Å². The van der Waals surface area contributed by atoms with Gasteiger partial charge < -0.3 is 4.90 Å². The van der Waals surface area contributed by atoms with Gasteiger partial charge in [0.15, 0.2) is 0 Å². The van der Waals surface area contributed by atoms with Crippen LogP contribution in [-0.2, 0) is 10.2 Å². The van der Waals surface area contributed by atoms with Gasteiger partial charge >= 0.3 is 0 Å². The van der Waals surface area contributed by atoms with Crippen LogP contribution in [0.2, 0.25) is 0 Å². The van der Waals surface area contributed by atoms with Gasteiger partial charge in [-0.15, -0.1) is 0 Å². The van der Waals surface area contributed by atoms with Crippen molar-refractivity contribution in [1.29, 1.82) is 0 Å². The Morgan fingerprint density at radius 3 is 2.32 bits per heavy atom. The van der Waals surface area contributed by atoms with E-state index < -0.39 is 0 Å². The molecule has 1 atom stereocenters. The van der Waals surface area contributed by atoms with E-state index in [1.165, 1.54) is 24.8 Å². The van der Waals surface area contributed by atoms with Crippen molar-refractivity contribution in [3.63, 3.8) is 0 Å². The fourth-order valence-corrected chi connectivity index (χ4v) is 3.26. The number of likely N-dealkylation sites (N-methyl/N-ethyl adjacent to an activating group) is 1. The molecular weight excluding hydrogens is 272 g/mol. The van der Waals surface area contributed by atoms with Crippen LogP contribution in [0.5, 0.6) is 0 Å². The van der Waals surface area contributed by atoms with E-state index in [0.717, 1.165) is 18.8 Å². The molecular formula is C19H30N2O. The van der Waals surface area contributed by atoms with Crippen LogP contribution >= 0.6 is 0 Å². The number of nitrogens with zero attached hydrogens (tertiary/aromatic N) is 2. The molecule has 0 spiro atoms. The van der Waals surface area contributed by atoms with Gasteiger partial charge in [0.05, 0.1) is 6.04 Å². The van der Waals surface area contributed by atoms with Crippen molar-refractivity contribution in [3.8, 4) is 0 Å². The summed E-state index contributed by atoms with van der Waals surface area (Å²) in [5.74, 6) is 0.193. The lowest BCUT2D eigenvalue weighted by molar-refractivity contribution is -0.123. The normalized spacial score (nSPS) is 18.0. The topological polar surface area (TPSA) is 23.6 Å². The Labute approximate surface area is 135 Å². The van der Waals surface area contributed by atoms with E-state index in [4.69, 9.17) is 0 Å². The lowest BCUT2D eigenvalue weighted by Gasteiger charge is -2.35. The van der Waals surface area contributed by atoms with E-state index >= 15 is 0 Å². The van der Waals surface area contributed by atoms with E-state index in [-0.39, 0.29) is 17.4 Å². The van der Waals surface area contributed by atoms with Gasteiger partial charge in [-0.3, -0.25) is 9.69 Å². The van der Waals surface area contributed by atoms with E-state index in [9.17, 15) is 4.79 Å². The molecule has 0 radical (unpaired) electrons. The van der Waals surface area contributed by atoms with Gasteiger partial charge in [0, 0.05) is 12.7 Å². The molecule has 0 N–H and O–H groups in total. The summed E-state index contributed by atoms with van der Waals surface area (Å²) in [5.41, 5.74) is 2.28. The average molecular weight is 302 g/mol. The second-order valence-electron chi connectivity index (χ2n) is 7.44. The number of carbonyl (C=O) groups is 1. The monoisotopic (exact) mass is 302 g/mol. The molecule has 2 rings (SSSR count). The van der Waals surface area contributed by atoms with Crippen LogP contribution in [0.1, 0.15) is 52.5 Å². The van der Waals surface area contributed by atoms with Gasteiger partial charge in [-0.1, -0.05) is 45.4 Å². The average Bonchev–Trinajstić information content (AvgIpc) is 2.52. The quantitative estimate of drug-likeness (QED) is 0.847. The molecule has 1 aromatic carbocycles. The molecule has 1 aliphatic heterocycles. The summed E-state index contributed by atoms with van der Waals surface area (Å²) in [6.45, 7) is 10.7. The first-order chi connectivity index (χ1) is 10.3. The van der Waals surface area contributed by atoms with E-state index in [1.807, 2.05) is 24.9 Å². The van der Waals surface area contributed by atoms with E-state index in [1.54, 1.807) is 0 Å². The zero-order valence-corrected chi connectivity index (χ0v) is 14.7. The number of para-hydroxylation sites is 1. The Balaban J connectivity index is 2.20.